The molecule has 1 aliphatic heterocycles. The molecule has 2 amide bonds. The Morgan fingerprint density at radius 2 is 1.68 bits per heavy atom. The fraction of sp³-hybridized carbons (Fsp3) is 0.364. The Morgan fingerprint density at radius 3 is 2.32 bits per heavy atom. The minimum absolute atomic E-state index is 0.0282. The fourth-order valence-electron chi connectivity index (χ4n) is 3.43. The summed E-state index contributed by atoms with van der Waals surface area (Å²) in [5.74, 6) is 0.696. The average molecular weight is 381 g/mol. The molecule has 1 fully saturated rings. The zero-order chi connectivity index (χ0) is 20.1. The number of carbonyl (C=O) groups excluding carboxylic acids is 2. The summed E-state index contributed by atoms with van der Waals surface area (Å²) < 4.78 is 5.31. The molecule has 0 spiro atoms. The van der Waals surface area contributed by atoms with Gasteiger partial charge in [0.25, 0.3) is 5.91 Å². The van der Waals surface area contributed by atoms with Gasteiger partial charge in [0.05, 0.1) is 7.11 Å². The number of piperazine rings is 1. The molecule has 6 heteroatoms. The number of hydrogen-bond donors (Lipinski definition) is 1. The van der Waals surface area contributed by atoms with Gasteiger partial charge in [-0.05, 0) is 30.2 Å². The van der Waals surface area contributed by atoms with Gasteiger partial charge in [-0.1, -0.05) is 36.4 Å². The number of hydrogen-bond acceptors (Lipinski definition) is 4. The monoisotopic (exact) mass is 381 g/mol. The number of carbonyl (C=O) groups is 2. The van der Waals surface area contributed by atoms with Gasteiger partial charge >= 0.3 is 0 Å². The maximum atomic E-state index is 12.8. The molecule has 0 bridgehead atoms. The second-order valence-electron chi connectivity index (χ2n) is 7.08. The number of amides is 2. The highest BCUT2D eigenvalue weighted by molar-refractivity contribution is 5.95. The van der Waals surface area contributed by atoms with Crippen molar-refractivity contribution in [2.75, 3.05) is 33.3 Å². The lowest BCUT2D eigenvalue weighted by atomic mass is 10.0. The molecule has 0 radical (unpaired) electrons. The minimum atomic E-state index is -0.312. The first-order valence-electron chi connectivity index (χ1n) is 9.52. The zero-order valence-electron chi connectivity index (χ0n) is 16.4. The first kappa shape index (κ1) is 19.9. The fourth-order valence-corrected chi connectivity index (χ4v) is 3.43. The zero-order valence-corrected chi connectivity index (χ0v) is 16.4. The van der Waals surface area contributed by atoms with Crippen LogP contribution in [0.2, 0.25) is 0 Å². The van der Waals surface area contributed by atoms with E-state index in [1.807, 2.05) is 49.4 Å². The molecule has 1 atom stereocenters. The molecule has 0 aromatic heterocycles. The van der Waals surface area contributed by atoms with E-state index >= 15 is 0 Å². The van der Waals surface area contributed by atoms with Crippen molar-refractivity contribution in [3.8, 4) is 5.75 Å². The van der Waals surface area contributed by atoms with E-state index in [2.05, 4.69) is 0 Å². The summed E-state index contributed by atoms with van der Waals surface area (Å²) in [5.41, 5.74) is 8.72. The smallest absolute Gasteiger partial charge is 0.254 e. The van der Waals surface area contributed by atoms with Gasteiger partial charge in [0.2, 0.25) is 5.91 Å². The molecule has 2 aromatic carbocycles. The molecule has 2 N–H and O–H groups in total. The normalized spacial score (nSPS) is 15.2. The van der Waals surface area contributed by atoms with Crippen LogP contribution in [0, 0.1) is 6.92 Å². The lowest BCUT2D eigenvalue weighted by Gasteiger charge is -2.35. The van der Waals surface area contributed by atoms with E-state index in [1.165, 1.54) is 0 Å². The third kappa shape index (κ3) is 4.51. The molecule has 28 heavy (non-hydrogen) atoms. The molecule has 1 unspecified atom stereocenters. The largest absolute Gasteiger partial charge is 0.496 e. The molecular formula is C22H27N3O3. The first-order chi connectivity index (χ1) is 13.5. The number of nitrogens with zero attached hydrogens (tertiary/aromatic N) is 2. The van der Waals surface area contributed by atoms with Crippen LogP contribution in [0.15, 0.2) is 48.5 Å². The van der Waals surface area contributed by atoms with Gasteiger partial charge < -0.3 is 20.3 Å². The molecule has 3 rings (SSSR count). The van der Waals surface area contributed by atoms with E-state index < -0.39 is 0 Å². The SMILES string of the molecule is COc1cc(C(=O)N2CCN(C(=O)CC(N)c3ccccc3)CC2)ccc1C. The van der Waals surface area contributed by atoms with Crippen LogP contribution < -0.4 is 10.5 Å². The molecule has 148 valence electrons. The van der Waals surface area contributed by atoms with Gasteiger partial charge in [-0.2, -0.15) is 0 Å². The van der Waals surface area contributed by atoms with E-state index in [-0.39, 0.29) is 24.3 Å². The molecule has 0 aliphatic carbocycles. The van der Waals surface area contributed by atoms with E-state index in [9.17, 15) is 9.59 Å². The summed E-state index contributed by atoms with van der Waals surface area (Å²) in [6.45, 7) is 4.02. The van der Waals surface area contributed by atoms with E-state index in [4.69, 9.17) is 10.5 Å². The Labute approximate surface area is 165 Å². The number of nitrogens with two attached hydrogens (primary N) is 1. The quantitative estimate of drug-likeness (QED) is 0.863. The van der Waals surface area contributed by atoms with Gasteiger partial charge in [-0.3, -0.25) is 9.59 Å². The lowest BCUT2D eigenvalue weighted by molar-refractivity contribution is -0.133. The molecule has 1 heterocycles. The molecule has 1 aliphatic rings. The van der Waals surface area contributed by atoms with E-state index in [0.29, 0.717) is 37.5 Å². The second kappa shape index (κ2) is 8.89. The Bertz CT molecular complexity index is 830. The predicted molar refractivity (Wildman–Crippen MR) is 108 cm³/mol. The number of aryl methyl sites for hydroxylation is 1. The molecular weight excluding hydrogens is 354 g/mol. The Morgan fingerprint density at radius 1 is 1.04 bits per heavy atom. The van der Waals surface area contributed by atoms with Crippen LogP contribution in [0.25, 0.3) is 0 Å². The number of benzene rings is 2. The van der Waals surface area contributed by atoms with Crippen LogP contribution in [0.4, 0.5) is 0 Å². The van der Waals surface area contributed by atoms with E-state index in [1.54, 1.807) is 23.0 Å². The summed E-state index contributed by atoms with van der Waals surface area (Å²) in [4.78, 5) is 28.9. The van der Waals surface area contributed by atoms with Crippen LogP contribution >= 0.6 is 0 Å². The summed E-state index contributed by atoms with van der Waals surface area (Å²) in [6.07, 6.45) is 0.271. The topological polar surface area (TPSA) is 75.9 Å². The van der Waals surface area contributed by atoms with Gasteiger partial charge in [-0.25, -0.2) is 0 Å². The summed E-state index contributed by atoms with van der Waals surface area (Å²) >= 11 is 0. The standard InChI is InChI=1S/C22H27N3O3/c1-16-8-9-18(14-20(16)28-2)22(27)25-12-10-24(11-13-25)21(26)15-19(23)17-6-4-3-5-7-17/h3-9,14,19H,10-13,15,23H2,1-2H3. The molecule has 1 saturated heterocycles. The lowest BCUT2D eigenvalue weighted by Crippen LogP contribution is -2.51. The summed E-state index contributed by atoms with van der Waals surface area (Å²) in [6, 6.07) is 14.8. The van der Waals surface area contributed by atoms with Crippen molar-refractivity contribution in [2.45, 2.75) is 19.4 Å². The van der Waals surface area contributed by atoms with Gasteiger partial charge in [0.15, 0.2) is 0 Å². The van der Waals surface area contributed by atoms with Crippen LogP contribution in [0.3, 0.4) is 0 Å². The Kier molecular flexibility index (Phi) is 6.31. The number of rotatable bonds is 5. The summed E-state index contributed by atoms with van der Waals surface area (Å²) in [7, 11) is 1.60. The maximum absolute atomic E-state index is 12.8. The van der Waals surface area contributed by atoms with Crippen molar-refractivity contribution >= 4 is 11.8 Å². The number of methoxy groups -OCH3 is 1. The van der Waals surface area contributed by atoms with Gasteiger partial charge in [0.1, 0.15) is 5.75 Å². The highest BCUT2D eigenvalue weighted by Gasteiger charge is 2.26. The van der Waals surface area contributed by atoms with Crippen molar-refractivity contribution in [3.63, 3.8) is 0 Å². The first-order valence-corrected chi connectivity index (χ1v) is 9.52. The highest BCUT2D eigenvalue weighted by Crippen LogP contribution is 2.21. The van der Waals surface area contributed by atoms with Gasteiger partial charge in [-0.15, -0.1) is 0 Å². The summed E-state index contributed by atoms with van der Waals surface area (Å²) in [5, 5.41) is 0. The second-order valence-corrected chi connectivity index (χ2v) is 7.08. The van der Waals surface area contributed by atoms with Crippen molar-refractivity contribution < 1.29 is 14.3 Å². The van der Waals surface area contributed by atoms with Crippen LogP contribution in [0.1, 0.15) is 33.9 Å². The number of ether oxygens (including phenoxy) is 1. The van der Waals surface area contributed by atoms with Crippen molar-refractivity contribution in [1.82, 2.24) is 9.80 Å². The molecule has 6 nitrogen and oxygen atoms in total. The maximum Gasteiger partial charge on any atom is 0.254 e. The minimum Gasteiger partial charge on any atom is -0.496 e. The molecule has 2 aromatic rings. The van der Waals surface area contributed by atoms with Crippen molar-refractivity contribution in [3.05, 3.63) is 65.2 Å². The Balaban J connectivity index is 1.55. The van der Waals surface area contributed by atoms with Crippen LogP contribution in [0.5, 0.6) is 5.75 Å². The third-order valence-electron chi connectivity index (χ3n) is 5.20. The molecule has 0 saturated carbocycles. The highest BCUT2D eigenvalue weighted by atomic mass is 16.5. The van der Waals surface area contributed by atoms with Crippen LogP contribution in [-0.4, -0.2) is 54.9 Å². The average Bonchev–Trinajstić information content (AvgIpc) is 2.74. The third-order valence-corrected chi connectivity index (χ3v) is 5.20. The predicted octanol–water partition coefficient (Wildman–Crippen LogP) is 2.38. The van der Waals surface area contributed by atoms with Crippen LogP contribution in [-0.2, 0) is 4.79 Å². The van der Waals surface area contributed by atoms with E-state index in [0.717, 1.165) is 11.1 Å². The van der Waals surface area contributed by atoms with Gasteiger partial charge in [0, 0.05) is 44.2 Å². The Hall–Kier alpha value is -2.86. The van der Waals surface area contributed by atoms with Crippen molar-refractivity contribution in [2.24, 2.45) is 5.73 Å². The van der Waals surface area contributed by atoms with Crippen molar-refractivity contribution in [1.29, 1.82) is 0 Å².